The number of imidazole rings is 1. The quantitative estimate of drug-likeness (QED) is 0.212. The number of nitrogens with one attached hydrogen (secondary N) is 1. The molecule has 0 aliphatic carbocycles. The summed E-state index contributed by atoms with van der Waals surface area (Å²) in [6.45, 7) is -0.646. The van der Waals surface area contributed by atoms with Crippen LogP contribution in [0.15, 0.2) is 6.33 Å². The lowest BCUT2D eigenvalue weighted by Crippen LogP contribution is -2.47. The number of phosphoric ester groups is 1. The maximum atomic E-state index is 11.1. The zero-order valence-corrected chi connectivity index (χ0v) is 12.0. The number of aliphatic hydroxyl groups excluding tert-OH is 2. The molecule has 0 aromatic carbocycles. The SMILES string of the molecule is NC(=O)c1[nH]c[n+](C2OC(COP(=O)(O)O)C(O)C2O)c1N. The van der Waals surface area contributed by atoms with E-state index in [1.165, 1.54) is 6.33 Å². The second-order valence-electron chi connectivity index (χ2n) is 4.64. The van der Waals surface area contributed by atoms with E-state index in [1.54, 1.807) is 0 Å². The Morgan fingerprint density at radius 2 is 2.09 bits per heavy atom. The monoisotopic (exact) mass is 339 g/mol. The van der Waals surface area contributed by atoms with Gasteiger partial charge in [0.2, 0.25) is 11.9 Å². The topological polar surface area (TPSA) is 205 Å². The third-order valence-corrected chi connectivity index (χ3v) is 3.63. The number of rotatable bonds is 5. The van der Waals surface area contributed by atoms with Crippen LogP contribution < -0.4 is 16.0 Å². The Kier molecular flexibility index (Phi) is 4.54. The van der Waals surface area contributed by atoms with Gasteiger partial charge in [-0.05, 0) is 0 Å². The molecule has 9 N–H and O–H groups in total. The van der Waals surface area contributed by atoms with Crippen molar-refractivity contribution in [3.8, 4) is 0 Å². The van der Waals surface area contributed by atoms with E-state index >= 15 is 0 Å². The van der Waals surface area contributed by atoms with Crippen molar-refractivity contribution in [1.29, 1.82) is 0 Å². The molecule has 2 heterocycles. The van der Waals surface area contributed by atoms with Crippen molar-refractivity contribution in [3.05, 3.63) is 12.0 Å². The second kappa shape index (κ2) is 5.93. The normalized spacial score (nSPS) is 28.9. The first-order valence-corrected chi connectivity index (χ1v) is 7.54. The lowest BCUT2D eigenvalue weighted by molar-refractivity contribution is -0.752. The Morgan fingerprint density at radius 3 is 2.59 bits per heavy atom. The maximum absolute atomic E-state index is 11.1. The van der Waals surface area contributed by atoms with Crippen molar-refractivity contribution in [2.45, 2.75) is 24.5 Å². The number of anilines is 1. The number of nitrogens with two attached hydrogens (primary N) is 2. The Labute approximate surface area is 123 Å². The fraction of sp³-hybridized carbons (Fsp3) is 0.556. The second-order valence-corrected chi connectivity index (χ2v) is 5.88. The number of aromatic amines is 1. The average Bonchev–Trinajstić information content (AvgIpc) is 2.90. The Hall–Kier alpha value is -1.53. The summed E-state index contributed by atoms with van der Waals surface area (Å²) in [4.78, 5) is 30.9. The lowest BCUT2D eigenvalue weighted by Gasteiger charge is -2.14. The predicted molar refractivity (Wildman–Crippen MR) is 67.8 cm³/mol. The van der Waals surface area contributed by atoms with Gasteiger partial charge in [0.25, 0.3) is 11.7 Å². The third-order valence-electron chi connectivity index (χ3n) is 3.15. The van der Waals surface area contributed by atoms with E-state index in [9.17, 15) is 19.6 Å². The van der Waals surface area contributed by atoms with Crippen molar-refractivity contribution in [1.82, 2.24) is 4.98 Å². The van der Waals surface area contributed by atoms with Crippen LogP contribution in [-0.4, -0.2) is 55.8 Å². The number of aromatic nitrogens is 2. The smallest absolute Gasteiger partial charge is 0.387 e. The molecule has 0 saturated carbocycles. The van der Waals surface area contributed by atoms with Gasteiger partial charge in [-0.3, -0.25) is 14.3 Å². The van der Waals surface area contributed by atoms with Gasteiger partial charge < -0.3 is 36.2 Å². The summed E-state index contributed by atoms with van der Waals surface area (Å²) in [6.07, 6.45) is -4.12. The number of H-pyrrole nitrogens is 1. The molecule has 0 bridgehead atoms. The summed E-state index contributed by atoms with van der Waals surface area (Å²) < 4.78 is 21.3. The Bertz CT molecular complexity index is 615. The van der Waals surface area contributed by atoms with Crippen LogP contribution in [0.4, 0.5) is 5.82 Å². The number of carbonyl (C=O) groups excluding carboxylic acids is 1. The largest absolute Gasteiger partial charge is 0.469 e. The van der Waals surface area contributed by atoms with Crippen LogP contribution in [0.25, 0.3) is 0 Å². The fourth-order valence-corrected chi connectivity index (χ4v) is 2.42. The molecule has 1 amide bonds. The molecule has 1 saturated heterocycles. The molecule has 22 heavy (non-hydrogen) atoms. The molecule has 0 spiro atoms. The molecule has 2 rings (SSSR count). The molecule has 124 valence electrons. The van der Waals surface area contributed by atoms with E-state index < -0.39 is 44.9 Å². The summed E-state index contributed by atoms with van der Waals surface area (Å²) in [5.74, 6) is -0.953. The lowest BCUT2D eigenvalue weighted by atomic mass is 10.1. The van der Waals surface area contributed by atoms with Crippen LogP contribution in [-0.2, 0) is 13.8 Å². The average molecular weight is 339 g/mol. The first kappa shape index (κ1) is 16.8. The number of phosphoric acid groups is 1. The molecule has 1 aromatic rings. The number of hydrogen-bond acceptors (Lipinski definition) is 7. The summed E-state index contributed by atoms with van der Waals surface area (Å²) in [5, 5.41) is 19.8. The molecular weight excluding hydrogens is 323 g/mol. The molecular formula is C9H16N4O8P+. The van der Waals surface area contributed by atoms with Gasteiger partial charge in [-0.1, -0.05) is 0 Å². The molecule has 13 heteroatoms. The van der Waals surface area contributed by atoms with Gasteiger partial charge in [-0.2, -0.15) is 0 Å². The van der Waals surface area contributed by atoms with Gasteiger partial charge in [0.15, 0.2) is 6.33 Å². The summed E-state index contributed by atoms with van der Waals surface area (Å²) in [6, 6.07) is 0. The summed E-state index contributed by atoms with van der Waals surface area (Å²) in [7, 11) is -4.75. The molecule has 0 radical (unpaired) electrons. The minimum atomic E-state index is -4.75. The van der Waals surface area contributed by atoms with E-state index in [0.29, 0.717) is 0 Å². The number of aliphatic hydroxyl groups is 2. The molecule has 1 fully saturated rings. The van der Waals surface area contributed by atoms with Gasteiger partial charge in [0.1, 0.15) is 18.3 Å². The number of primary amides is 1. The molecule has 1 aliphatic rings. The zero-order chi connectivity index (χ0) is 16.7. The van der Waals surface area contributed by atoms with Gasteiger partial charge >= 0.3 is 7.82 Å². The summed E-state index contributed by atoms with van der Waals surface area (Å²) in [5.41, 5.74) is 10.7. The number of amides is 1. The predicted octanol–water partition coefficient (Wildman–Crippen LogP) is -3.29. The highest BCUT2D eigenvalue weighted by molar-refractivity contribution is 7.46. The first-order chi connectivity index (χ1) is 10.1. The fourth-order valence-electron chi connectivity index (χ4n) is 2.08. The molecule has 1 aromatic heterocycles. The minimum absolute atomic E-state index is 0.111. The summed E-state index contributed by atoms with van der Waals surface area (Å²) >= 11 is 0. The van der Waals surface area contributed by atoms with E-state index in [0.717, 1.165) is 4.57 Å². The molecule has 4 atom stereocenters. The Balaban J connectivity index is 2.16. The highest BCUT2D eigenvalue weighted by atomic mass is 31.2. The van der Waals surface area contributed by atoms with E-state index in [2.05, 4.69) is 9.51 Å². The zero-order valence-electron chi connectivity index (χ0n) is 11.1. The van der Waals surface area contributed by atoms with Crippen LogP contribution in [0.5, 0.6) is 0 Å². The third kappa shape index (κ3) is 3.28. The maximum Gasteiger partial charge on any atom is 0.469 e. The van der Waals surface area contributed by atoms with Crippen molar-refractivity contribution in [2.24, 2.45) is 5.73 Å². The number of nitrogen functional groups attached to an aromatic ring is 1. The van der Waals surface area contributed by atoms with Crippen molar-refractivity contribution in [2.75, 3.05) is 12.3 Å². The highest BCUT2D eigenvalue weighted by Crippen LogP contribution is 2.37. The molecule has 1 aliphatic heterocycles. The number of nitrogens with zero attached hydrogens (tertiary/aromatic N) is 1. The van der Waals surface area contributed by atoms with Crippen LogP contribution in [0.1, 0.15) is 16.7 Å². The van der Waals surface area contributed by atoms with Crippen LogP contribution in [0.3, 0.4) is 0 Å². The van der Waals surface area contributed by atoms with E-state index in [1.807, 2.05) is 0 Å². The molecule has 12 nitrogen and oxygen atoms in total. The van der Waals surface area contributed by atoms with E-state index in [4.69, 9.17) is 26.0 Å². The van der Waals surface area contributed by atoms with Gasteiger partial charge in [0, 0.05) is 0 Å². The molecule has 4 unspecified atom stereocenters. The number of carbonyl (C=O) groups is 1. The van der Waals surface area contributed by atoms with Crippen LogP contribution >= 0.6 is 7.82 Å². The van der Waals surface area contributed by atoms with Gasteiger partial charge in [0.05, 0.1) is 6.61 Å². The van der Waals surface area contributed by atoms with Crippen molar-refractivity contribution >= 4 is 19.5 Å². The number of hydrogen-bond donors (Lipinski definition) is 7. The van der Waals surface area contributed by atoms with Crippen LogP contribution in [0, 0.1) is 0 Å². The first-order valence-electron chi connectivity index (χ1n) is 6.01. The minimum Gasteiger partial charge on any atom is -0.387 e. The van der Waals surface area contributed by atoms with Crippen LogP contribution in [0.2, 0.25) is 0 Å². The van der Waals surface area contributed by atoms with Crippen molar-refractivity contribution in [3.63, 3.8) is 0 Å². The standard InChI is InChI=1S/C9H15N4O8P/c10-7-4(8(11)16)12-2-13(7)9-6(15)5(14)3(21-9)1-20-22(17,18)19/h2-3,5-6,9,14-15H,1H2,(H6,10,11,16,17,18,19)/p+1. The Morgan fingerprint density at radius 1 is 1.45 bits per heavy atom. The number of ether oxygens (including phenoxy) is 1. The van der Waals surface area contributed by atoms with Gasteiger partial charge in [-0.25, -0.2) is 9.13 Å². The highest BCUT2D eigenvalue weighted by Gasteiger charge is 2.47. The van der Waals surface area contributed by atoms with Gasteiger partial charge in [-0.15, -0.1) is 0 Å². The van der Waals surface area contributed by atoms with E-state index in [-0.39, 0.29) is 11.5 Å². The van der Waals surface area contributed by atoms with Crippen molar-refractivity contribution < 1.29 is 43.2 Å².